The van der Waals surface area contributed by atoms with Gasteiger partial charge in [-0.2, -0.15) is 5.10 Å². The van der Waals surface area contributed by atoms with E-state index in [0.29, 0.717) is 6.54 Å². The zero-order valence-electron chi connectivity index (χ0n) is 13.3. The standard InChI is InChI=1S/C18H18N6/c1-2-12(3-1)10-24-11-13-8-14(4-5-15(13)23-24)22-18-17-16(9-21-18)19-6-7-20-17/h4-8,11-12H,1-3,9-10H2,(H,21,22). The summed E-state index contributed by atoms with van der Waals surface area (Å²) in [5.74, 6) is 1.60. The van der Waals surface area contributed by atoms with Crippen LogP contribution in [0.15, 0.2) is 41.8 Å². The zero-order valence-corrected chi connectivity index (χ0v) is 13.3. The molecule has 1 aliphatic carbocycles. The third-order valence-corrected chi connectivity index (χ3v) is 4.87. The molecule has 3 aromatic rings. The van der Waals surface area contributed by atoms with Gasteiger partial charge in [0.1, 0.15) is 5.69 Å². The molecule has 0 amide bonds. The minimum Gasteiger partial charge on any atom is -0.339 e. The second kappa shape index (κ2) is 5.40. The third kappa shape index (κ3) is 2.35. The minimum atomic E-state index is 0.590. The van der Waals surface area contributed by atoms with Crippen molar-refractivity contribution >= 4 is 22.4 Å². The van der Waals surface area contributed by atoms with Crippen molar-refractivity contribution in [2.24, 2.45) is 10.9 Å². The fourth-order valence-electron chi connectivity index (χ4n) is 3.33. The molecule has 1 fully saturated rings. The van der Waals surface area contributed by atoms with Crippen molar-refractivity contribution in [3.63, 3.8) is 0 Å². The molecule has 6 nitrogen and oxygen atoms in total. The van der Waals surface area contributed by atoms with Crippen LogP contribution >= 0.6 is 0 Å². The van der Waals surface area contributed by atoms with Gasteiger partial charge in [0.15, 0.2) is 5.84 Å². The van der Waals surface area contributed by atoms with Gasteiger partial charge in [-0.05, 0) is 37.0 Å². The molecular formula is C18H18N6. The lowest BCUT2D eigenvalue weighted by Gasteiger charge is -2.24. The van der Waals surface area contributed by atoms with Crippen LogP contribution in [-0.4, -0.2) is 25.6 Å². The topological polar surface area (TPSA) is 68.0 Å². The number of fused-ring (bicyclic) bond motifs is 2. The van der Waals surface area contributed by atoms with Crippen molar-refractivity contribution in [2.75, 3.05) is 5.32 Å². The normalized spacial score (nSPS) is 16.8. The van der Waals surface area contributed by atoms with Gasteiger partial charge in [-0.15, -0.1) is 0 Å². The number of nitrogens with one attached hydrogen (secondary N) is 1. The van der Waals surface area contributed by atoms with Crippen LogP contribution in [0.1, 0.15) is 30.7 Å². The summed E-state index contributed by atoms with van der Waals surface area (Å²) in [6, 6.07) is 6.22. The summed E-state index contributed by atoms with van der Waals surface area (Å²) in [7, 11) is 0. The largest absolute Gasteiger partial charge is 0.339 e. The Morgan fingerprint density at radius 3 is 2.96 bits per heavy atom. The Hall–Kier alpha value is -2.76. The smallest absolute Gasteiger partial charge is 0.154 e. The van der Waals surface area contributed by atoms with Crippen LogP contribution < -0.4 is 5.32 Å². The first-order valence-corrected chi connectivity index (χ1v) is 8.44. The summed E-state index contributed by atoms with van der Waals surface area (Å²) in [4.78, 5) is 13.2. The first kappa shape index (κ1) is 13.7. The average molecular weight is 318 g/mol. The van der Waals surface area contributed by atoms with E-state index in [1.165, 1.54) is 19.3 Å². The molecule has 6 heteroatoms. The third-order valence-electron chi connectivity index (χ3n) is 4.87. The van der Waals surface area contributed by atoms with E-state index in [1.807, 2.05) is 6.07 Å². The maximum atomic E-state index is 4.68. The summed E-state index contributed by atoms with van der Waals surface area (Å²) < 4.78 is 2.09. The van der Waals surface area contributed by atoms with E-state index in [2.05, 4.69) is 48.4 Å². The highest BCUT2D eigenvalue weighted by Gasteiger charge is 2.19. The van der Waals surface area contributed by atoms with Gasteiger partial charge in [-0.25, -0.2) is 4.98 Å². The molecule has 120 valence electrons. The quantitative estimate of drug-likeness (QED) is 0.806. The molecule has 0 atom stereocenters. The summed E-state index contributed by atoms with van der Waals surface area (Å²) >= 11 is 0. The summed E-state index contributed by atoms with van der Waals surface area (Å²) in [5, 5.41) is 9.20. The number of aliphatic imine (C=N–C) groups is 1. The minimum absolute atomic E-state index is 0.590. The van der Waals surface area contributed by atoms with Crippen molar-refractivity contribution in [2.45, 2.75) is 32.4 Å². The van der Waals surface area contributed by atoms with Crippen LogP contribution in [0.25, 0.3) is 10.9 Å². The molecule has 1 saturated carbocycles. The van der Waals surface area contributed by atoms with Gasteiger partial charge in [0.25, 0.3) is 0 Å². The van der Waals surface area contributed by atoms with E-state index in [1.54, 1.807) is 12.4 Å². The molecule has 0 saturated heterocycles. The summed E-state index contributed by atoms with van der Waals surface area (Å²) in [6.45, 7) is 1.63. The lowest BCUT2D eigenvalue weighted by atomic mass is 9.85. The lowest BCUT2D eigenvalue weighted by molar-refractivity contribution is 0.267. The van der Waals surface area contributed by atoms with Gasteiger partial charge in [0.05, 0.1) is 17.8 Å². The number of nitrogens with zero attached hydrogens (tertiary/aromatic N) is 5. The zero-order chi connectivity index (χ0) is 15.9. The molecule has 0 spiro atoms. The molecule has 24 heavy (non-hydrogen) atoms. The Bertz CT molecular complexity index is 938. The number of hydrogen-bond acceptors (Lipinski definition) is 5. The van der Waals surface area contributed by atoms with Crippen molar-refractivity contribution in [1.29, 1.82) is 0 Å². The van der Waals surface area contributed by atoms with Crippen molar-refractivity contribution < 1.29 is 0 Å². The van der Waals surface area contributed by atoms with E-state index in [4.69, 9.17) is 0 Å². The average Bonchev–Trinajstić information content (AvgIpc) is 3.15. The van der Waals surface area contributed by atoms with Crippen LogP contribution in [-0.2, 0) is 13.1 Å². The molecule has 1 N–H and O–H groups in total. The summed E-state index contributed by atoms with van der Waals surface area (Å²) in [5.41, 5.74) is 3.81. The molecule has 5 rings (SSSR count). The van der Waals surface area contributed by atoms with Crippen molar-refractivity contribution in [3.05, 3.63) is 48.2 Å². The number of anilines is 1. The number of aromatic nitrogens is 4. The summed E-state index contributed by atoms with van der Waals surface area (Å²) in [6.07, 6.45) is 9.59. The maximum absolute atomic E-state index is 4.68. The van der Waals surface area contributed by atoms with Gasteiger partial charge < -0.3 is 5.32 Å². The molecule has 1 aromatic carbocycles. The van der Waals surface area contributed by atoms with Crippen LogP contribution in [0.2, 0.25) is 0 Å². The Balaban J connectivity index is 1.39. The fraction of sp³-hybridized carbons (Fsp3) is 0.333. The first-order chi connectivity index (χ1) is 11.8. The van der Waals surface area contributed by atoms with Gasteiger partial charge in [-0.1, -0.05) is 6.42 Å². The Morgan fingerprint density at radius 2 is 2.08 bits per heavy atom. The van der Waals surface area contributed by atoms with Gasteiger partial charge in [-0.3, -0.25) is 14.7 Å². The number of hydrogen-bond donors (Lipinski definition) is 1. The molecule has 2 aromatic heterocycles. The molecule has 3 heterocycles. The van der Waals surface area contributed by atoms with Crippen molar-refractivity contribution in [3.8, 4) is 0 Å². The predicted molar refractivity (Wildman–Crippen MR) is 93.0 cm³/mol. The van der Waals surface area contributed by atoms with E-state index in [0.717, 1.165) is 46.3 Å². The molecule has 2 aliphatic rings. The highest BCUT2D eigenvalue weighted by Crippen LogP contribution is 2.28. The number of rotatable bonds is 3. The Labute approximate surface area is 139 Å². The van der Waals surface area contributed by atoms with Crippen LogP contribution in [0, 0.1) is 5.92 Å². The second-order valence-electron chi connectivity index (χ2n) is 6.56. The highest BCUT2D eigenvalue weighted by atomic mass is 15.3. The number of benzene rings is 1. The van der Waals surface area contributed by atoms with Gasteiger partial charge in [0, 0.05) is 36.2 Å². The first-order valence-electron chi connectivity index (χ1n) is 8.44. The molecule has 1 aliphatic heterocycles. The lowest BCUT2D eigenvalue weighted by Crippen LogP contribution is -2.18. The molecule has 0 radical (unpaired) electrons. The van der Waals surface area contributed by atoms with E-state index in [9.17, 15) is 0 Å². The maximum Gasteiger partial charge on any atom is 0.154 e. The van der Waals surface area contributed by atoms with Crippen molar-refractivity contribution in [1.82, 2.24) is 19.7 Å². The second-order valence-corrected chi connectivity index (χ2v) is 6.56. The van der Waals surface area contributed by atoms with E-state index in [-0.39, 0.29) is 0 Å². The van der Waals surface area contributed by atoms with Crippen LogP contribution in [0.4, 0.5) is 5.69 Å². The predicted octanol–water partition coefficient (Wildman–Crippen LogP) is 3.00. The van der Waals surface area contributed by atoms with Gasteiger partial charge >= 0.3 is 0 Å². The molecular weight excluding hydrogens is 300 g/mol. The van der Waals surface area contributed by atoms with Crippen LogP contribution in [0.5, 0.6) is 0 Å². The van der Waals surface area contributed by atoms with E-state index >= 15 is 0 Å². The number of amidine groups is 1. The fourth-order valence-corrected chi connectivity index (χ4v) is 3.33. The SMILES string of the molecule is c1cnc2c(n1)CN=C2Nc1ccc2nn(CC3CCC3)cc2c1. The monoisotopic (exact) mass is 318 g/mol. The van der Waals surface area contributed by atoms with Crippen LogP contribution in [0.3, 0.4) is 0 Å². The van der Waals surface area contributed by atoms with Gasteiger partial charge in [0.2, 0.25) is 0 Å². The molecule has 0 bridgehead atoms. The molecule has 0 unspecified atom stereocenters. The van der Waals surface area contributed by atoms with E-state index < -0.39 is 0 Å². The highest BCUT2D eigenvalue weighted by molar-refractivity contribution is 6.09. The Morgan fingerprint density at radius 1 is 1.17 bits per heavy atom. The Kier molecular flexibility index (Phi) is 3.07.